The lowest BCUT2D eigenvalue weighted by Crippen LogP contribution is -1.99. The Hall–Kier alpha value is -1.73. The molecule has 0 bridgehead atoms. The van der Waals surface area contributed by atoms with Gasteiger partial charge in [-0.2, -0.15) is 0 Å². The molecule has 0 spiro atoms. The van der Waals surface area contributed by atoms with Gasteiger partial charge < -0.3 is 9.88 Å². The summed E-state index contributed by atoms with van der Waals surface area (Å²) in [5.74, 6) is 0.985. The molecule has 3 heterocycles. The van der Waals surface area contributed by atoms with Crippen molar-refractivity contribution in [2.24, 2.45) is 0 Å². The first-order chi connectivity index (χ1) is 9.86. The molecular formula is C13H15N5S2. The number of hydrogen-bond acceptors (Lipinski definition) is 6. The predicted molar refractivity (Wildman–Crippen MR) is 83.3 cm³/mol. The smallest absolute Gasteiger partial charge is 0.205 e. The lowest BCUT2D eigenvalue weighted by molar-refractivity contribution is 0.786. The van der Waals surface area contributed by atoms with Crippen molar-refractivity contribution in [1.29, 1.82) is 0 Å². The number of thiophene rings is 1. The Morgan fingerprint density at radius 2 is 2.30 bits per heavy atom. The summed E-state index contributed by atoms with van der Waals surface area (Å²) in [5, 5.41) is 15.6. The minimum absolute atomic E-state index is 0.707. The lowest BCUT2D eigenvalue weighted by atomic mass is 10.4. The van der Waals surface area contributed by atoms with E-state index >= 15 is 0 Å². The van der Waals surface area contributed by atoms with E-state index in [1.165, 1.54) is 4.88 Å². The van der Waals surface area contributed by atoms with Crippen LogP contribution in [0.1, 0.15) is 18.4 Å². The highest BCUT2D eigenvalue weighted by Crippen LogP contribution is 2.24. The molecule has 20 heavy (non-hydrogen) atoms. The Morgan fingerprint density at radius 1 is 1.35 bits per heavy atom. The average molecular weight is 305 g/mol. The molecule has 0 unspecified atom stereocenters. The first-order valence-corrected chi connectivity index (χ1v) is 8.17. The summed E-state index contributed by atoms with van der Waals surface area (Å²) in [4.78, 5) is 5.60. The fourth-order valence-corrected chi connectivity index (χ4v) is 3.33. The Labute approximate surface area is 125 Å². The van der Waals surface area contributed by atoms with Crippen molar-refractivity contribution in [3.05, 3.63) is 34.9 Å². The Morgan fingerprint density at radius 3 is 3.10 bits per heavy atom. The number of aromatic nitrogens is 4. The molecule has 3 aromatic heterocycles. The van der Waals surface area contributed by atoms with Crippen molar-refractivity contribution in [3.8, 4) is 10.7 Å². The second-order valence-corrected chi connectivity index (χ2v) is 6.29. The van der Waals surface area contributed by atoms with Gasteiger partial charge in [0.1, 0.15) is 10.8 Å². The van der Waals surface area contributed by atoms with Gasteiger partial charge in [0.15, 0.2) is 0 Å². The number of imidazole rings is 1. The fraction of sp³-hybridized carbons (Fsp3) is 0.308. The van der Waals surface area contributed by atoms with Crippen LogP contribution in [0.3, 0.4) is 0 Å². The summed E-state index contributed by atoms with van der Waals surface area (Å²) in [6.45, 7) is 3.77. The van der Waals surface area contributed by atoms with E-state index in [2.05, 4.69) is 43.4 Å². The molecule has 0 saturated carbocycles. The van der Waals surface area contributed by atoms with E-state index in [9.17, 15) is 0 Å². The summed E-state index contributed by atoms with van der Waals surface area (Å²) in [7, 11) is 0. The van der Waals surface area contributed by atoms with Crippen LogP contribution in [0.4, 0.5) is 5.13 Å². The molecule has 0 fully saturated rings. The summed E-state index contributed by atoms with van der Waals surface area (Å²) >= 11 is 3.29. The Kier molecular flexibility index (Phi) is 4.08. The van der Waals surface area contributed by atoms with Gasteiger partial charge in [0, 0.05) is 18.9 Å². The number of anilines is 1. The van der Waals surface area contributed by atoms with Gasteiger partial charge >= 0.3 is 0 Å². The topological polar surface area (TPSA) is 55.6 Å². The molecule has 5 nitrogen and oxygen atoms in total. The van der Waals surface area contributed by atoms with Crippen molar-refractivity contribution in [2.45, 2.75) is 19.9 Å². The molecule has 0 radical (unpaired) electrons. The SMILES string of the molecule is CCCNc1nnc(Cn2ccnc2-c2cccs2)s1. The van der Waals surface area contributed by atoms with E-state index in [1.54, 1.807) is 22.7 Å². The molecular weight excluding hydrogens is 290 g/mol. The summed E-state index contributed by atoms with van der Waals surface area (Å²) in [5.41, 5.74) is 0. The van der Waals surface area contributed by atoms with Crippen molar-refractivity contribution in [2.75, 3.05) is 11.9 Å². The number of nitrogens with zero attached hydrogens (tertiary/aromatic N) is 4. The van der Waals surface area contributed by atoms with E-state index in [4.69, 9.17) is 0 Å². The standard InChI is InChI=1S/C13H15N5S2/c1-2-5-15-13-17-16-11(20-13)9-18-7-6-14-12(18)10-4-3-8-19-10/h3-4,6-8H,2,5,9H2,1H3,(H,15,17). The average Bonchev–Trinajstić information content (AvgIpc) is 3.18. The van der Waals surface area contributed by atoms with Crippen molar-refractivity contribution >= 4 is 27.8 Å². The number of nitrogens with one attached hydrogen (secondary N) is 1. The molecule has 7 heteroatoms. The van der Waals surface area contributed by atoms with E-state index in [-0.39, 0.29) is 0 Å². The van der Waals surface area contributed by atoms with Crippen LogP contribution in [0, 0.1) is 0 Å². The second kappa shape index (κ2) is 6.15. The third kappa shape index (κ3) is 2.88. The maximum absolute atomic E-state index is 4.43. The Bertz CT molecular complexity index is 656. The minimum Gasteiger partial charge on any atom is -0.360 e. The molecule has 3 aromatic rings. The van der Waals surface area contributed by atoms with Crippen LogP contribution in [-0.4, -0.2) is 26.3 Å². The van der Waals surface area contributed by atoms with Crippen LogP contribution in [0.15, 0.2) is 29.9 Å². The van der Waals surface area contributed by atoms with Gasteiger partial charge in [-0.15, -0.1) is 21.5 Å². The number of rotatable bonds is 6. The van der Waals surface area contributed by atoms with Gasteiger partial charge in [-0.1, -0.05) is 24.3 Å². The van der Waals surface area contributed by atoms with Gasteiger partial charge in [-0.05, 0) is 17.9 Å². The fourth-order valence-electron chi connectivity index (χ4n) is 1.83. The van der Waals surface area contributed by atoms with Crippen molar-refractivity contribution in [3.63, 3.8) is 0 Å². The zero-order valence-corrected chi connectivity index (χ0v) is 12.7. The van der Waals surface area contributed by atoms with Gasteiger partial charge in [0.2, 0.25) is 5.13 Å². The zero-order valence-electron chi connectivity index (χ0n) is 11.1. The predicted octanol–water partition coefficient (Wildman–Crippen LogP) is 3.33. The summed E-state index contributed by atoms with van der Waals surface area (Å²) in [6.07, 6.45) is 4.89. The maximum atomic E-state index is 4.43. The van der Waals surface area contributed by atoms with Crippen LogP contribution in [-0.2, 0) is 6.54 Å². The van der Waals surface area contributed by atoms with Crippen molar-refractivity contribution < 1.29 is 0 Å². The first-order valence-electron chi connectivity index (χ1n) is 6.48. The van der Waals surface area contributed by atoms with E-state index in [0.717, 1.165) is 28.9 Å². The largest absolute Gasteiger partial charge is 0.360 e. The summed E-state index contributed by atoms with van der Waals surface area (Å²) < 4.78 is 2.11. The lowest BCUT2D eigenvalue weighted by Gasteiger charge is -2.03. The molecule has 0 aliphatic carbocycles. The molecule has 3 rings (SSSR count). The van der Waals surface area contributed by atoms with Crippen LogP contribution in [0.2, 0.25) is 0 Å². The van der Waals surface area contributed by atoms with Crippen LogP contribution < -0.4 is 5.32 Å². The van der Waals surface area contributed by atoms with Crippen LogP contribution >= 0.6 is 22.7 Å². The van der Waals surface area contributed by atoms with Crippen LogP contribution in [0.25, 0.3) is 10.7 Å². The van der Waals surface area contributed by atoms with Gasteiger partial charge in [-0.3, -0.25) is 0 Å². The first kappa shape index (κ1) is 13.3. The van der Waals surface area contributed by atoms with Crippen molar-refractivity contribution in [1.82, 2.24) is 19.7 Å². The van der Waals surface area contributed by atoms with Crippen LogP contribution in [0.5, 0.6) is 0 Å². The highest BCUT2D eigenvalue weighted by atomic mass is 32.1. The van der Waals surface area contributed by atoms with E-state index < -0.39 is 0 Å². The second-order valence-electron chi connectivity index (χ2n) is 4.28. The quantitative estimate of drug-likeness (QED) is 0.759. The molecule has 0 aliphatic rings. The van der Waals surface area contributed by atoms with Gasteiger partial charge in [0.25, 0.3) is 0 Å². The Balaban J connectivity index is 1.75. The minimum atomic E-state index is 0.707. The van der Waals surface area contributed by atoms with E-state index in [1.807, 2.05) is 18.5 Å². The van der Waals surface area contributed by atoms with Gasteiger partial charge in [0.05, 0.1) is 11.4 Å². The zero-order chi connectivity index (χ0) is 13.8. The highest BCUT2D eigenvalue weighted by molar-refractivity contribution is 7.15. The monoisotopic (exact) mass is 305 g/mol. The molecule has 0 atom stereocenters. The molecule has 0 aromatic carbocycles. The maximum Gasteiger partial charge on any atom is 0.205 e. The molecule has 104 valence electrons. The van der Waals surface area contributed by atoms with E-state index in [0.29, 0.717) is 6.54 Å². The molecule has 0 saturated heterocycles. The summed E-state index contributed by atoms with van der Waals surface area (Å²) in [6, 6.07) is 4.12. The molecule has 1 N–H and O–H groups in total. The molecule has 0 amide bonds. The highest BCUT2D eigenvalue weighted by Gasteiger charge is 2.10. The normalized spacial score (nSPS) is 10.8. The third-order valence-corrected chi connectivity index (χ3v) is 4.49. The number of hydrogen-bond donors (Lipinski definition) is 1. The third-order valence-electron chi connectivity index (χ3n) is 2.76. The van der Waals surface area contributed by atoms with Gasteiger partial charge in [-0.25, -0.2) is 4.98 Å². The molecule has 0 aliphatic heterocycles.